The predicted octanol–water partition coefficient (Wildman–Crippen LogP) is 2.29. The van der Waals surface area contributed by atoms with E-state index in [1.165, 1.54) is 0 Å². The molecule has 0 radical (unpaired) electrons. The summed E-state index contributed by atoms with van der Waals surface area (Å²) < 4.78 is 39.7. The summed E-state index contributed by atoms with van der Waals surface area (Å²) in [5, 5.41) is 10.3. The maximum atomic E-state index is 12.9. The van der Waals surface area contributed by atoms with Gasteiger partial charge in [0.1, 0.15) is 17.3 Å². The SMILES string of the molecule is Cc1nc2nc(C(F)(F)F)nn2c(C)c1CC(=O)Cc1nc(-c2ccccn2)n[nH]1. The first-order chi connectivity index (χ1) is 14.2. The molecule has 0 unspecified atom stereocenters. The second kappa shape index (κ2) is 7.28. The first-order valence-corrected chi connectivity index (χ1v) is 8.87. The summed E-state index contributed by atoms with van der Waals surface area (Å²) in [4.78, 5) is 28.5. The number of nitrogens with zero attached hydrogens (tertiary/aromatic N) is 7. The van der Waals surface area contributed by atoms with Crippen LogP contribution in [-0.4, -0.2) is 45.5 Å². The maximum absolute atomic E-state index is 12.9. The smallest absolute Gasteiger partial charge is 0.299 e. The van der Waals surface area contributed by atoms with Crippen LogP contribution in [0, 0.1) is 13.8 Å². The fourth-order valence-electron chi connectivity index (χ4n) is 3.01. The van der Waals surface area contributed by atoms with Crippen molar-refractivity contribution in [2.24, 2.45) is 0 Å². The first-order valence-electron chi connectivity index (χ1n) is 8.87. The van der Waals surface area contributed by atoms with Gasteiger partial charge in [-0.25, -0.2) is 14.5 Å². The summed E-state index contributed by atoms with van der Waals surface area (Å²) in [6.45, 7) is 3.19. The number of aryl methyl sites for hydroxylation is 2. The fourth-order valence-corrected chi connectivity index (χ4v) is 3.01. The van der Waals surface area contributed by atoms with E-state index in [1.807, 2.05) is 0 Å². The minimum absolute atomic E-state index is 0.0259. The van der Waals surface area contributed by atoms with Gasteiger partial charge in [0.2, 0.25) is 0 Å². The Kier molecular flexibility index (Phi) is 4.76. The van der Waals surface area contributed by atoms with Crippen LogP contribution >= 0.6 is 0 Å². The van der Waals surface area contributed by atoms with Gasteiger partial charge in [0.15, 0.2) is 5.82 Å². The Morgan fingerprint density at radius 2 is 1.93 bits per heavy atom. The Morgan fingerprint density at radius 1 is 1.13 bits per heavy atom. The Bertz CT molecular complexity index is 1230. The van der Waals surface area contributed by atoms with Gasteiger partial charge in [-0.05, 0) is 26.0 Å². The summed E-state index contributed by atoms with van der Waals surface area (Å²) in [6.07, 6.45) is -3.13. The summed E-state index contributed by atoms with van der Waals surface area (Å²) in [5.74, 6) is -0.906. The van der Waals surface area contributed by atoms with E-state index >= 15 is 0 Å². The Morgan fingerprint density at radius 3 is 2.63 bits per heavy atom. The van der Waals surface area contributed by atoms with Crippen LogP contribution in [0.15, 0.2) is 24.4 Å². The van der Waals surface area contributed by atoms with Crippen LogP contribution in [0.5, 0.6) is 0 Å². The van der Waals surface area contributed by atoms with Crippen molar-refractivity contribution in [1.82, 2.24) is 39.7 Å². The highest BCUT2D eigenvalue weighted by Gasteiger charge is 2.37. The van der Waals surface area contributed by atoms with Crippen molar-refractivity contribution in [3.63, 3.8) is 0 Å². The van der Waals surface area contributed by atoms with Gasteiger partial charge in [-0.3, -0.25) is 14.9 Å². The molecule has 30 heavy (non-hydrogen) atoms. The van der Waals surface area contributed by atoms with Gasteiger partial charge in [0, 0.05) is 29.6 Å². The van der Waals surface area contributed by atoms with Gasteiger partial charge in [-0.15, -0.1) is 5.10 Å². The predicted molar refractivity (Wildman–Crippen MR) is 97.3 cm³/mol. The molecule has 0 atom stereocenters. The van der Waals surface area contributed by atoms with Crippen LogP contribution in [0.1, 0.15) is 28.6 Å². The highest BCUT2D eigenvalue weighted by Crippen LogP contribution is 2.27. The number of rotatable bonds is 5. The second-order valence-electron chi connectivity index (χ2n) is 6.62. The minimum atomic E-state index is -4.68. The molecule has 0 aliphatic carbocycles. The summed E-state index contributed by atoms with van der Waals surface area (Å²) in [5.41, 5.74) is 1.86. The molecular weight excluding hydrogens is 401 g/mol. The number of halogens is 3. The molecule has 0 fully saturated rings. The van der Waals surface area contributed by atoms with Crippen molar-refractivity contribution in [3.05, 3.63) is 53.0 Å². The molecule has 12 heteroatoms. The minimum Gasteiger partial charge on any atom is -0.299 e. The third-order valence-corrected chi connectivity index (χ3v) is 4.47. The molecule has 0 aliphatic heterocycles. The quantitative estimate of drug-likeness (QED) is 0.531. The van der Waals surface area contributed by atoms with Crippen molar-refractivity contribution in [2.75, 3.05) is 0 Å². The third-order valence-electron chi connectivity index (χ3n) is 4.47. The number of alkyl halides is 3. The molecule has 4 heterocycles. The molecule has 9 nitrogen and oxygen atoms in total. The van der Waals surface area contributed by atoms with Crippen LogP contribution in [-0.2, 0) is 23.8 Å². The molecule has 154 valence electrons. The molecule has 4 aromatic rings. The summed E-state index contributed by atoms with van der Waals surface area (Å²) >= 11 is 0. The average Bonchev–Trinajstić information content (AvgIpc) is 3.33. The molecule has 0 saturated carbocycles. The monoisotopic (exact) mass is 416 g/mol. The number of hydrogen-bond acceptors (Lipinski definition) is 7. The topological polar surface area (TPSA) is 115 Å². The van der Waals surface area contributed by atoms with E-state index in [0.29, 0.717) is 34.3 Å². The lowest BCUT2D eigenvalue weighted by Crippen LogP contribution is -2.13. The molecule has 0 spiro atoms. The number of fused-ring (bicyclic) bond motifs is 1. The average molecular weight is 416 g/mol. The van der Waals surface area contributed by atoms with Crippen molar-refractivity contribution < 1.29 is 18.0 Å². The number of pyridine rings is 1. The lowest BCUT2D eigenvalue weighted by Gasteiger charge is -2.09. The summed E-state index contributed by atoms with van der Waals surface area (Å²) in [7, 11) is 0. The van der Waals surface area contributed by atoms with Crippen molar-refractivity contribution >= 4 is 11.6 Å². The molecule has 0 amide bonds. The molecule has 0 saturated heterocycles. The van der Waals surface area contributed by atoms with Crippen molar-refractivity contribution in [2.45, 2.75) is 32.9 Å². The zero-order valence-corrected chi connectivity index (χ0v) is 15.9. The van der Waals surface area contributed by atoms with E-state index < -0.39 is 12.0 Å². The number of aromatic amines is 1. The van der Waals surface area contributed by atoms with Gasteiger partial charge in [-0.1, -0.05) is 6.07 Å². The molecule has 1 N–H and O–H groups in total. The van der Waals surface area contributed by atoms with E-state index in [2.05, 4.69) is 35.2 Å². The number of carbonyl (C=O) groups excluding carboxylic acids is 1. The molecule has 0 aliphatic rings. The molecular formula is C18H15F3N8O. The molecule has 0 aromatic carbocycles. The van der Waals surface area contributed by atoms with Gasteiger partial charge >= 0.3 is 6.18 Å². The van der Waals surface area contributed by atoms with Crippen LogP contribution in [0.4, 0.5) is 13.2 Å². The number of H-pyrrole nitrogens is 1. The number of aromatic nitrogens is 8. The van der Waals surface area contributed by atoms with Gasteiger partial charge in [-0.2, -0.15) is 23.3 Å². The van der Waals surface area contributed by atoms with E-state index in [4.69, 9.17) is 0 Å². The van der Waals surface area contributed by atoms with E-state index in [-0.39, 0.29) is 24.4 Å². The first kappa shape index (κ1) is 19.6. The largest absolute Gasteiger partial charge is 0.453 e. The van der Waals surface area contributed by atoms with Crippen molar-refractivity contribution in [1.29, 1.82) is 0 Å². The lowest BCUT2D eigenvalue weighted by atomic mass is 10.0. The Hall–Kier alpha value is -3.70. The zero-order chi connectivity index (χ0) is 21.5. The van der Waals surface area contributed by atoms with E-state index in [9.17, 15) is 18.0 Å². The van der Waals surface area contributed by atoms with Crippen LogP contribution < -0.4 is 0 Å². The van der Waals surface area contributed by atoms with E-state index in [1.54, 1.807) is 38.2 Å². The third kappa shape index (κ3) is 3.75. The molecule has 4 rings (SSSR count). The highest BCUT2D eigenvalue weighted by molar-refractivity contribution is 5.83. The normalized spacial score (nSPS) is 11.9. The zero-order valence-electron chi connectivity index (χ0n) is 15.9. The van der Waals surface area contributed by atoms with E-state index in [0.717, 1.165) is 4.52 Å². The fraction of sp³-hybridized carbons (Fsp3) is 0.278. The Balaban J connectivity index is 1.55. The van der Waals surface area contributed by atoms with Gasteiger partial charge in [0.05, 0.1) is 6.42 Å². The highest BCUT2D eigenvalue weighted by atomic mass is 19.4. The number of Topliss-reactive ketones (excluding diaryl/α,β-unsaturated/α-hetero) is 1. The van der Waals surface area contributed by atoms with Crippen LogP contribution in [0.2, 0.25) is 0 Å². The maximum Gasteiger partial charge on any atom is 0.453 e. The molecule has 0 bridgehead atoms. The lowest BCUT2D eigenvalue weighted by molar-refractivity contribution is -0.144. The van der Waals surface area contributed by atoms with Crippen LogP contribution in [0.25, 0.3) is 17.3 Å². The summed E-state index contributed by atoms with van der Waals surface area (Å²) in [6, 6.07) is 5.31. The van der Waals surface area contributed by atoms with Gasteiger partial charge in [0.25, 0.3) is 11.6 Å². The number of ketones is 1. The number of hydrogen-bond donors (Lipinski definition) is 1. The van der Waals surface area contributed by atoms with Crippen molar-refractivity contribution in [3.8, 4) is 11.5 Å². The van der Waals surface area contributed by atoms with Gasteiger partial charge < -0.3 is 0 Å². The second-order valence-corrected chi connectivity index (χ2v) is 6.62. The standard InChI is InChI=1S/C18H15F3N8O/c1-9-12(10(2)29-17(23-9)25-16(28-29)18(19,20)21)7-11(30)8-14-24-15(27-26-14)13-5-3-4-6-22-13/h3-6H,7-8H2,1-2H3,(H,24,26,27). The van der Waals surface area contributed by atoms with Crippen LogP contribution in [0.3, 0.4) is 0 Å². The number of nitrogens with one attached hydrogen (secondary N) is 1. The Labute approximate surface area is 167 Å². The molecule has 4 aromatic heterocycles. The number of carbonyl (C=O) groups is 1.